The number of hydrazone groups is 1. The van der Waals surface area contributed by atoms with Crippen molar-refractivity contribution in [1.82, 2.24) is 20.3 Å². The lowest BCUT2D eigenvalue weighted by Crippen LogP contribution is -2.54. The molecule has 11 heteroatoms. The van der Waals surface area contributed by atoms with Crippen LogP contribution in [0.3, 0.4) is 0 Å². The smallest absolute Gasteiger partial charge is 0.242 e. The summed E-state index contributed by atoms with van der Waals surface area (Å²) >= 11 is 0. The molecule has 1 aromatic rings. The molecule has 2 atom stereocenters. The highest BCUT2D eigenvalue weighted by Gasteiger charge is 2.38. The van der Waals surface area contributed by atoms with Gasteiger partial charge in [0.15, 0.2) is 0 Å². The van der Waals surface area contributed by atoms with Crippen molar-refractivity contribution in [1.29, 1.82) is 0 Å². The lowest BCUT2D eigenvalue weighted by Gasteiger charge is -2.28. The zero-order valence-electron chi connectivity index (χ0n) is 18.5. The normalized spacial score (nSPS) is 17.4. The minimum Gasteiger partial charge on any atom is -0.375 e. The molecular weight excluding hydrogens is 432 g/mol. The van der Waals surface area contributed by atoms with Crippen LogP contribution in [0.5, 0.6) is 0 Å². The van der Waals surface area contributed by atoms with Crippen molar-refractivity contribution in [3.63, 3.8) is 0 Å². The fourth-order valence-corrected chi connectivity index (χ4v) is 4.42. The highest BCUT2D eigenvalue weighted by atomic mass is 32.2. The maximum Gasteiger partial charge on any atom is 0.242 e. The van der Waals surface area contributed by atoms with E-state index >= 15 is 0 Å². The second-order valence-corrected chi connectivity index (χ2v) is 9.73. The van der Waals surface area contributed by atoms with Gasteiger partial charge in [-0.15, -0.1) is 0 Å². The number of unbranched alkanes of at least 4 members (excludes halogenated alkanes) is 1. The van der Waals surface area contributed by atoms with E-state index in [-0.39, 0.29) is 24.0 Å². The van der Waals surface area contributed by atoms with Gasteiger partial charge in [-0.1, -0.05) is 30.3 Å². The fraction of sp³-hybridized carbons (Fsp3) is 0.571. The summed E-state index contributed by atoms with van der Waals surface area (Å²) in [5.41, 5.74) is 0.846. The molecule has 1 aromatic carbocycles. The Morgan fingerprint density at radius 2 is 1.97 bits per heavy atom. The molecule has 1 fully saturated rings. The molecule has 0 saturated carbocycles. The molecule has 1 aliphatic rings. The maximum absolute atomic E-state index is 13.3. The summed E-state index contributed by atoms with van der Waals surface area (Å²) in [6.07, 6.45) is 4.50. The predicted octanol–water partition coefficient (Wildman–Crippen LogP) is -0.0840. The van der Waals surface area contributed by atoms with E-state index in [9.17, 15) is 18.0 Å². The lowest BCUT2D eigenvalue weighted by atomic mass is 10.1. The first-order chi connectivity index (χ1) is 15.4. The second kappa shape index (κ2) is 13.0. The van der Waals surface area contributed by atoms with Crippen molar-refractivity contribution >= 4 is 28.2 Å². The topological polar surface area (TPSA) is 146 Å². The predicted molar refractivity (Wildman–Crippen MR) is 124 cm³/mol. The zero-order valence-corrected chi connectivity index (χ0v) is 19.3. The van der Waals surface area contributed by atoms with Crippen LogP contribution in [0, 0.1) is 0 Å². The molecule has 178 valence electrons. The molecular formula is C21H34N6O4S. The third-order valence-electron chi connectivity index (χ3n) is 5.33. The standard InChI is InChI=1S/C21H34N6O4S/c1-2-32(30,31)26-18(15-17-9-4-3-5-10-17)21(29)27-14-8-11-19(27)20(28)24-13-7-6-12-23-16-25-22/h3-5,9-10,16,18-19,26H,2,6-8,11-15,22H2,1H3,(H,23,25)(H,24,28)/t18-,19+/m1/s1. The monoisotopic (exact) mass is 466 g/mol. The summed E-state index contributed by atoms with van der Waals surface area (Å²) in [7, 11) is -3.60. The van der Waals surface area contributed by atoms with Crippen LogP contribution < -0.4 is 21.2 Å². The zero-order chi connectivity index (χ0) is 23.4. The van der Waals surface area contributed by atoms with Crippen molar-refractivity contribution < 1.29 is 18.0 Å². The molecule has 0 aromatic heterocycles. The maximum atomic E-state index is 13.3. The number of nitrogens with two attached hydrogens (primary N) is 1. The van der Waals surface area contributed by atoms with Crippen molar-refractivity contribution in [3.8, 4) is 0 Å². The number of likely N-dealkylation sites (tertiary alicyclic amines) is 1. The Morgan fingerprint density at radius 1 is 1.25 bits per heavy atom. The van der Waals surface area contributed by atoms with Gasteiger partial charge in [0.2, 0.25) is 21.8 Å². The molecule has 0 unspecified atom stereocenters. The first-order valence-corrected chi connectivity index (χ1v) is 12.6. The van der Waals surface area contributed by atoms with Crippen molar-refractivity contribution in [2.75, 3.05) is 25.4 Å². The van der Waals surface area contributed by atoms with E-state index in [1.165, 1.54) is 18.2 Å². The molecule has 0 aliphatic carbocycles. The van der Waals surface area contributed by atoms with Gasteiger partial charge >= 0.3 is 0 Å². The van der Waals surface area contributed by atoms with E-state index in [0.717, 1.165) is 18.4 Å². The summed E-state index contributed by atoms with van der Waals surface area (Å²) in [6, 6.07) is 7.71. The highest BCUT2D eigenvalue weighted by molar-refractivity contribution is 7.89. The van der Waals surface area contributed by atoms with Gasteiger partial charge in [-0.05, 0) is 44.6 Å². The van der Waals surface area contributed by atoms with Crippen molar-refractivity contribution in [3.05, 3.63) is 35.9 Å². The molecule has 1 saturated heterocycles. The average Bonchev–Trinajstić information content (AvgIpc) is 3.28. The summed E-state index contributed by atoms with van der Waals surface area (Å²) in [5, 5.41) is 9.15. The molecule has 32 heavy (non-hydrogen) atoms. The van der Waals surface area contributed by atoms with Crippen LogP contribution in [0.15, 0.2) is 35.4 Å². The molecule has 5 N–H and O–H groups in total. The number of nitrogens with zero attached hydrogens (tertiary/aromatic N) is 2. The molecule has 0 bridgehead atoms. The Labute approximate surface area is 190 Å². The van der Waals surface area contributed by atoms with Crippen LogP contribution in [0.25, 0.3) is 0 Å². The van der Waals surface area contributed by atoms with E-state index in [1.54, 1.807) is 0 Å². The van der Waals surface area contributed by atoms with Crippen LogP contribution in [-0.4, -0.2) is 68.9 Å². The van der Waals surface area contributed by atoms with Gasteiger partial charge in [0.1, 0.15) is 18.4 Å². The Bertz CT molecular complexity index is 862. The third-order valence-corrected chi connectivity index (χ3v) is 6.74. The lowest BCUT2D eigenvalue weighted by molar-refractivity contribution is -0.139. The molecule has 0 spiro atoms. The largest absolute Gasteiger partial charge is 0.375 e. The number of carbonyl (C=O) groups excluding carboxylic acids is 2. The highest BCUT2D eigenvalue weighted by Crippen LogP contribution is 2.20. The average molecular weight is 467 g/mol. The van der Waals surface area contributed by atoms with Gasteiger partial charge in [-0.3, -0.25) is 9.59 Å². The molecule has 2 amide bonds. The van der Waals surface area contributed by atoms with Gasteiger partial charge in [0, 0.05) is 19.6 Å². The van der Waals surface area contributed by atoms with E-state index in [2.05, 4.69) is 20.5 Å². The number of rotatable bonds is 13. The van der Waals surface area contributed by atoms with Crippen LogP contribution in [0.1, 0.15) is 38.2 Å². The quantitative estimate of drug-likeness (QED) is 0.105. The van der Waals surface area contributed by atoms with Gasteiger partial charge in [-0.25, -0.2) is 13.1 Å². The molecule has 10 nitrogen and oxygen atoms in total. The molecule has 1 heterocycles. The van der Waals surface area contributed by atoms with Crippen LogP contribution in [0.4, 0.5) is 0 Å². The van der Waals surface area contributed by atoms with Crippen LogP contribution in [0.2, 0.25) is 0 Å². The number of hydrogen-bond acceptors (Lipinski definition) is 6. The summed E-state index contributed by atoms with van der Waals surface area (Å²) in [5.74, 6) is 4.31. The Hall–Kier alpha value is -2.66. The van der Waals surface area contributed by atoms with Gasteiger partial charge in [0.25, 0.3) is 0 Å². The van der Waals surface area contributed by atoms with Crippen LogP contribution in [-0.2, 0) is 26.0 Å². The summed E-state index contributed by atoms with van der Waals surface area (Å²) in [6.45, 7) is 3.15. The third kappa shape index (κ3) is 8.12. The SMILES string of the molecule is CCS(=O)(=O)N[C@H](Cc1ccccc1)C(=O)N1CCC[C@H]1C(=O)NCCCCNC=NN. The van der Waals surface area contributed by atoms with E-state index in [1.807, 2.05) is 30.3 Å². The minimum absolute atomic E-state index is 0.124. The van der Waals surface area contributed by atoms with Gasteiger partial charge in [0.05, 0.1) is 5.75 Å². The van der Waals surface area contributed by atoms with Crippen molar-refractivity contribution in [2.24, 2.45) is 10.9 Å². The first-order valence-electron chi connectivity index (χ1n) is 10.9. The number of carbonyl (C=O) groups is 2. The number of hydrogen-bond donors (Lipinski definition) is 4. The molecule has 1 aliphatic heterocycles. The Balaban J connectivity index is 1.99. The minimum atomic E-state index is -3.60. The molecule has 2 rings (SSSR count). The fourth-order valence-electron chi connectivity index (χ4n) is 3.63. The number of amides is 2. The molecule has 0 radical (unpaired) electrons. The van der Waals surface area contributed by atoms with E-state index in [0.29, 0.717) is 32.5 Å². The van der Waals surface area contributed by atoms with Crippen LogP contribution >= 0.6 is 0 Å². The van der Waals surface area contributed by atoms with Crippen molar-refractivity contribution in [2.45, 2.75) is 51.1 Å². The Morgan fingerprint density at radius 3 is 2.66 bits per heavy atom. The first kappa shape index (κ1) is 25.6. The summed E-state index contributed by atoms with van der Waals surface area (Å²) < 4.78 is 27.0. The number of sulfonamides is 1. The number of nitrogens with one attached hydrogen (secondary N) is 3. The summed E-state index contributed by atoms with van der Waals surface area (Å²) in [4.78, 5) is 27.6. The number of benzene rings is 1. The van der Waals surface area contributed by atoms with E-state index in [4.69, 9.17) is 5.84 Å². The van der Waals surface area contributed by atoms with E-state index < -0.39 is 22.1 Å². The van der Waals surface area contributed by atoms with Gasteiger partial charge < -0.3 is 21.4 Å². The van der Waals surface area contributed by atoms with Gasteiger partial charge in [-0.2, -0.15) is 5.10 Å². The Kier molecular flexibility index (Phi) is 10.4. The second-order valence-electron chi connectivity index (χ2n) is 7.68.